The Morgan fingerprint density at radius 1 is 1.31 bits per heavy atom. The van der Waals surface area contributed by atoms with Gasteiger partial charge in [-0.25, -0.2) is 4.79 Å². The van der Waals surface area contributed by atoms with E-state index in [0.29, 0.717) is 0 Å². The number of ether oxygens (including phenoxy) is 1. The Balaban J connectivity index is 3.13. The third-order valence-electron chi connectivity index (χ3n) is 0.938. The second kappa shape index (κ2) is 3.80. The second-order valence-corrected chi connectivity index (χ2v) is 2.46. The van der Waals surface area contributed by atoms with Crippen molar-refractivity contribution in [1.29, 1.82) is 0 Å². The van der Waals surface area contributed by atoms with Crippen molar-refractivity contribution < 1.29 is 18.3 Å². The average molecular weight is 229 g/mol. The highest BCUT2D eigenvalue weighted by atomic mass is 35.5. The zero-order valence-corrected chi connectivity index (χ0v) is 7.23. The van der Waals surface area contributed by atoms with Crippen LogP contribution in [-0.2, 0) is 0 Å². The summed E-state index contributed by atoms with van der Waals surface area (Å²) in [5.74, 6) is -0.614. The molecule has 8 heteroatoms. The van der Waals surface area contributed by atoms with E-state index in [9.17, 15) is 13.6 Å². The Labute approximate surface area is 80.4 Å². The maximum absolute atomic E-state index is 12.3. The molecule has 4 nitrogen and oxygen atoms in total. The molecule has 1 rings (SSSR count). The molecular formula is C5Cl2F2N2O2. The molecule has 0 saturated heterocycles. The molecule has 0 aromatic carbocycles. The van der Waals surface area contributed by atoms with Crippen molar-refractivity contribution in [2.75, 3.05) is 0 Å². The van der Waals surface area contributed by atoms with Gasteiger partial charge < -0.3 is 4.74 Å². The van der Waals surface area contributed by atoms with Gasteiger partial charge in [-0.15, -0.1) is 4.39 Å². The topological polar surface area (TPSA) is 52.1 Å². The van der Waals surface area contributed by atoms with Crippen LogP contribution in [0.1, 0.15) is 0 Å². The SMILES string of the molecule is O=C(F)Oc1c(Cl)nc(F)nc1Cl. The van der Waals surface area contributed by atoms with Gasteiger partial charge in [-0.05, 0) is 0 Å². The number of aromatic nitrogens is 2. The van der Waals surface area contributed by atoms with E-state index < -0.39 is 28.4 Å². The zero-order chi connectivity index (χ0) is 10.0. The van der Waals surface area contributed by atoms with E-state index >= 15 is 0 Å². The molecule has 1 heterocycles. The highest BCUT2D eigenvalue weighted by Gasteiger charge is 2.16. The van der Waals surface area contributed by atoms with E-state index in [1.807, 2.05) is 0 Å². The van der Waals surface area contributed by atoms with E-state index in [-0.39, 0.29) is 0 Å². The summed E-state index contributed by atoms with van der Waals surface area (Å²) in [5, 5.41) is -1.16. The van der Waals surface area contributed by atoms with Crippen molar-refractivity contribution in [3.63, 3.8) is 0 Å². The van der Waals surface area contributed by atoms with Crippen molar-refractivity contribution >= 4 is 29.4 Å². The maximum atomic E-state index is 12.3. The molecule has 70 valence electrons. The molecule has 0 aliphatic carbocycles. The van der Waals surface area contributed by atoms with Crippen molar-refractivity contribution in [2.45, 2.75) is 0 Å². The Morgan fingerprint density at radius 2 is 1.77 bits per heavy atom. The minimum Gasteiger partial charge on any atom is -0.394 e. The van der Waals surface area contributed by atoms with Gasteiger partial charge in [0.15, 0.2) is 10.3 Å². The van der Waals surface area contributed by atoms with Crippen molar-refractivity contribution in [2.24, 2.45) is 0 Å². The van der Waals surface area contributed by atoms with Gasteiger partial charge in [0, 0.05) is 0 Å². The van der Waals surface area contributed by atoms with E-state index in [2.05, 4.69) is 14.7 Å². The van der Waals surface area contributed by atoms with Crippen LogP contribution in [0.2, 0.25) is 10.3 Å². The molecule has 0 bridgehead atoms. The van der Waals surface area contributed by atoms with Crippen LogP contribution in [0, 0.1) is 6.08 Å². The van der Waals surface area contributed by atoms with E-state index in [1.54, 1.807) is 0 Å². The molecule has 0 fully saturated rings. The van der Waals surface area contributed by atoms with Crippen LogP contribution in [0.5, 0.6) is 5.75 Å². The molecule has 0 saturated carbocycles. The molecule has 0 aliphatic rings. The number of hydrogen-bond acceptors (Lipinski definition) is 4. The van der Waals surface area contributed by atoms with Gasteiger partial charge in [0.2, 0.25) is 5.75 Å². The van der Waals surface area contributed by atoms with Gasteiger partial charge in [0.1, 0.15) is 0 Å². The van der Waals surface area contributed by atoms with Crippen LogP contribution in [-0.4, -0.2) is 16.2 Å². The first kappa shape index (κ1) is 10.1. The molecule has 0 atom stereocenters. The Morgan fingerprint density at radius 3 is 2.15 bits per heavy atom. The number of rotatable bonds is 1. The molecule has 0 unspecified atom stereocenters. The molecule has 0 spiro atoms. The predicted octanol–water partition coefficient (Wildman–Crippen LogP) is 2.39. The van der Waals surface area contributed by atoms with Crippen LogP contribution >= 0.6 is 23.2 Å². The van der Waals surface area contributed by atoms with Crippen LogP contribution in [0.3, 0.4) is 0 Å². The number of carbonyl (C=O) groups excluding carboxylic acids is 1. The first-order valence-corrected chi connectivity index (χ1v) is 3.52. The summed E-state index contributed by atoms with van der Waals surface area (Å²) in [4.78, 5) is 15.7. The largest absolute Gasteiger partial charge is 0.501 e. The summed E-state index contributed by atoms with van der Waals surface area (Å²) in [6, 6.07) is 0. The van der Waals surface area contributed by atoms with E-state index in [1.165, 1.54) is 0 Å². The molecule has 13 heavy (non-hydrogen) atoms. The van der Waals surface area contributed by atoms with Crippen molar-refractivity contribution in [3.05, 3.63) is 16.4 Å². The molecule has 0 amide bonds. The first-order valence-electron chi connectivity index (χ1n) is 2.76. The minimum atomic E-state index is -2.14. The van der Waals surface area contributed by atoms with Crippen LogP contribution in [0.4, 0.5) is 13.6 Å². The fraction of sp³-hybridized carbons (Fsp3) is 0. The first-order chi connectivity index (χ1) is 6.00. The predicted molar refractivity (Wildman–Crippen MR) is 39.1 cm³/mol. The smallest absolute Gasteiger partial charge is 0.394 e. The lowest BCUT2D eigenvalue weighted by Gasteiger charge is -2.01. The number of halogens is 4. The minimum absolute atomic E-state index is 0.580. The summed E-state index contributed by atoms with van der Waals surface area (Å²) in [6.07, 6.45) is -3.34. The Hall–Kier alpha value is -1.01. The highest BCUT2D eigenvalue weighted by molar-refractivity contribution is 6.35. The summed E-state index contributed by atoms with van der Waals surface area (Å²) in [5.41, 5.74) is 0. The fourth-order valence-electron chi connectivity index (χ4n) is 0.538. The lowest BCUT2D eigenvalue weighted by atomic mass is 10.6. The molecule has 1 aromatic rings. The molecule has 0 N–H and O–H groups in total. The molecular weight excluding hydrogens is 229 g/mol. The molecule has 1 aromatic heterocycles. The Kier molecular flexibility index (Phi) is 2.94. The fourth-order valence-corrected chi connectivity index (χ4v) is 0.982. The standard InChI is InChI=1S/C5Cl2F2N2O2/c6-2-1(13-5(9)12)3(7)11-4(8)10-2. The number of carbonyl (C=O) groups is 1. The van der Waals surface area contributed by atoms with Crippen molar-refractivity contribution in [3.8, 4) is 5.75 Å². The van der Waals surface area contributed by atoms with Gasteiger partial charge in [-0.2, -0.15) is 14.4 Å². The molecule has 0 aliphatic heterocycles. The zero-order valence-electron chi connectivity index (χ0n) is 5.72. The van der Waals surface area contributed by atoms with E-state index in [0.717, 1.165) is 0 Å². The van der Waals surface area contributed by atoms with Gasteiger partial charge in [0.05, 0.1) is 0 Å². The summed E-state index contributed by atoms with van der Waals surface area (Å²) < 4.78 is 27.9. The van der Waals surface area contributed by atoms with Gasteiger partial charge in [0.25, 0.3) is 0 Å². The lowest BCUT2D eigenvalue weighted by Crippen LogP contribution is -2.02. The van der Waals surface area contributed by atoms with Gasteiger partial charge >= 0.3 is 12.3 Å². The van der Waals surface area contributed by atoms with E-state index in [4.69, 9.17) is 23.2 Å². The highest BCUT2D eigenvalue weighted by Crippen LogP contribution is 2.29. The van der Waals surface area contributed by atoms with Crippen LogP contribution < -0.4 is 4.74 Å². The van der Waals surface area contributed by atoms with Gasteiger partial charge in [-0.3, -0.25) is 0 Å². The third-order valence-corrected chi connectivity index (χ3v) is 1.45. The third kappa shape index (κ3) is 2.46. The summed E-state index contributed by atoms with van der Waals surface area (Å²) >= 11 is 10.5. The second-order valence-electron chi connectivity index (χ2n) is 1.74. The average Bonchev–Trinajstić information content (AvgIpc) is 1.96. The molecule has 0 radical (unpaired) electrons. The summed E-state index contributed by atoms with van der Waals surface area (Å²) in [6.45, 7) is 0. The quantitative estimate of drug-likeness (QED) is 0.421. The van der Waals surface area contributed by atoms with Crippen LogP contribution in [0.15, 0.2) is 0 Å². The number of hydrogen-bond donors (Lipinski definition) is 0. The monoisotopic (exact) mass is 228 g/mol. The lowest BCUT2D eigenvalue weighted by molar-refractivity contribution is 0.175. The Bertz CT molecular complexity index is 337. The van der Waals surface area contributed by atoms with Gasteiger partial charge in [-0.1, -0.05) is 23.2 Å². The van der Waals surface area contributed by atoms with Crippen LogP contribution in [0.25, 0.3) is 0 Å². The maximum Gasteiger partial charge on any atom is 0.501 e. The summed E-state index contributed by atoms with van der Waals surface area (Å²) in [7, 11) is 0. The number of nitrogens with zero attached hydrogens (tertiary/aromatic N) is 2. The van der Waals surface area contributed by atoms with Crippen molar-refractivity contribution in [1.82, 2.24) is 9.97 Å². The normalized spacial score (nSPS) is 9.85.